The number of carbonyl (C=O) groups excluding carboxylic acids is 1. The number of aromatic nitrogens is 2. The van der Waals surface area contributed by atoms with Gasteiger partial charge in [-0.05, 0) is 48.9 Å². The van der Waals surface area contributed by atoms with Crippen molar-refractivity contribution in [3.63, 3.8) is 0 Å². The molecule has 1 N–H and O–H groups in total. The van der Waals surface area contributed by atoms with E-state index in [0.29, 0.717) is 22.2 Å². The quantitative estimate of drug-likeness (QED) is 0.688. The van der Waals surface area contributed by atoms with Gasteiger partial charge in [-0.25, -0.2) is 4.39 Å². The van der Waals surface area contributed by atoms with Gasteiger partial charge in [0.05, 0.1) is 0 Å². The molecule has 2 aromatic carbocycles. The zero-order valence-electron chi connectivity index (χ0n) is 13.6. The summed E-state index contributed by atoms with van der Waals surface area (Å²) < 4.78 is 13.2. The van der Waals surface area contributed by atoms with Crippen molar-refractivity contribution in [1.82, 2.24) is 10.2 Å². The van der Waals surface area contributed by atoms with Crippen LogP contribution in [0.2, 0.25) is 0 Å². The lowest BCUT2D eigenvalue weighted by Crippen LogP contribution is -2.13. The van der Waals surface area contributed by atoms with E-state index in [0.717, 1.165) is 11.1 Å². The first-order valence-corrected chi connectivity index (χ1v) is 8.68. The van der Waals surface area contributed by atoms with E-state index in [9.17, 15) is 9.18 Å². The second kappa shape index (κ2) is 7.90. The Morgan fingerprint density at radius 2 is 1.88 bits per heavy atom. The van der Waals surface area contributed by atoms with Gasteiger partial charge >= 0.3 is 0 Å². The highest BCUT2D eigenvalue weighted by Gasteiger charge is 2.07. The van der Waals surface area contributed by atoms with E-state index in [-0.39, 0.29) is 11.7 Å². The average Bonchev–Trinajstić information content (AvgIpc) is 2.62. The number of thioether (sulfide) groups is 1. The van der Waals surface area contributed by atoms with Crippen LogP contribution >= 0.6 is 11.8 Å². The smallest absolute Gasteiger partial charge is 0.256 e. The molecule has 0 aliphatic heterocycles. The molecule has 0 spiro atoms. The Kier molecular flexibility index (Phi) is 5.40. The van der Waals surface area contributed by atoms with Crippen LogP contribution in [-0.2, 0) is 5.75 Å². The molecule has 1 heterocycles. The van der Waals surface area contributed by atoms with Crippen LogP contribution in [0.15, 0.2) is 65.7 Å². The maximum absolute atomic E-state index is 13.2. The van der Waals surface area contributed by atoms with Crippen LogP contribution in [0.1, 0.15) is 21.5 Å². The van der Waals surface area contributed by atoms with Gasteiger partial charge < -0.3 is 5.32 Å². The molecule has 126 valence electrons. The topological polar surface area (TPSA) is 54.9 Å². The second-order valence-corrected chi connectivity index (χ2v) is 6.49. The highest BCUT2D eigenvalue weighted by molar-refractivity contribution is 7.98. The van der Waals surface area contributed by atoms with Crippen molar-refractivity contribution in [3.05, 3.63) is 83.2 Å². The Labute approximate surface area is 149 Å². The van der Waals surface area contributed by atoms with E-state index in [4.69, 9.17) is 0 Å². The number of hydrogen-bond acceptors (Lipinski definition) is 4. The van der Waals surface area contributed by atoms with Crippen molar-refractivity contribution in [2.24, 2.45) is 0 Å². The molecule has 3 aromatic rings. The van der Waals surface area contributed by atoms with E-state index in [1.807, 2.05) is 25.1 Å². The second-order valence-electron chi connectivity index (χ2n) is 5.50. The number of benzene rings is 2. The fourth-order valence-corrected chi connectivity index (χ4v) is 2.90. The Morgan fingerprint density at radius 3 is 2.56 bits per heavy atom. The predicted octanol–water partition coefficient (Wildman–Crippen LogP) is 4.47. The molecule has 0 aliphatic rings. The Bertz CT molecular complexity index is 867. The number of hydrogen-bond donors (Lipinski definition) is 1. The van der Waals surface area contributed by atoms with Gasteiger partial charge in [0.1, 0.15) is 10.8 Å². The molecular formula is C19H16FN3OS. The van der Waals surface area contributed by atoms with E-state index in [2.05, 4.69) is 15.5 Å². The molecule has 6 heteroatoms. The number of amides is 1. The maximum Gasteiger partial charge on any atom is 0.256 e. The molecule has 0 unspecified atom stereocenters. The normalized spacial score (nSPS) is 10.5. The lowest BCUT2D eigenvalue weighted by Gasteiger charge is -2.05. The average molecular weight is 353 g/mol. The summed E-state index contributed by atoms with van der Waals surface area (Å²) in [6.07, 6.45) is 0. The van der Waals surface area contributed by atoms with Gasteiger partial charge in [0, 0.05) is 11.3 Å². The number of anilines is 1. The van der Waals surface area contributed by atoms with Crippen LogP contribution in [0.5, 0.6) is 0 Å². The standard InChI is InChI=1S/C19H16FN3OS/c1-13-5-7-15(8-6-13)19(24)21-17-9-10-18(23-22-17)25-12-14-3-2-4-16(20)11-14/h2-11H,12H2,1H3,(H,21,22,24). The number of nitrogens with zero attached hydrogens (tertiary/aromatic N) is 2. The Balaban J connectivity index is 1.58. The van der Waals surface area contributed by atoms with Crippen molar-refractivity contribution >= 4 is 23.5 Å². The summed E-state index contributed by atoms with van der Waals surface area (Å²) in [5.74, 6) is 0.509. The van der Waals surface area contributed by atoms with Gasteiger partial charge in [-0.1, -0.05) is 41.6 Å². The number of carbonyl (C=O) groups is 1. The van der Waals surface area contributed by atoms with Crippen LogP contribution in [0.25, 0.3) is 0 Å². The van der Waals surface area contributed by atoms with E-state index < -0.39 is 0 Å². The van der Waals surface area contributed by atoms with Crippen molar-refractivity contribution in [3.8, 4) is 0 Å². The highest BCUT2D eigenvalue weighted by atomic mass is 32.2. The molecular weight excluding hydrogens is 337 g/mol. The zero-order valence-corrected chi connectivity index (χ0v) is 14.4. The third kappa shape index (κ3) is 4.87. The molecule has 0 bridgehead atoms. The molecule has 0 aliphatic carbocycles. The van der Waals surface area contributed by atoms with Crippen LogP contribution in [0, 0.1) is 12.7 Å². The SMILES string of the molecule is Cc1ccc(C(=O)Nc2ccc(SCc3cccc(F)c3)nn2)cc1. The summed E-state index contributed by atoms with van der Waals surface area (Å²) in [5.41, 5.74) is 2.54. The first-order valence-electron chi connectivity index (χ1n) is 7.69. The molecule has 0 saturated carbocycles. The summed E-state index contributed by atoms with van der Waals surface area (Å²) in [6.45, 7) is 1.97. The van der Waals surface area contributed by atoms with Crippen molar-refractivity contribution in [2.75, 3.05) is 5.32 Å². The minimum atomic E-state index is -0.252. The van der Waals surface area contributed by atoms with E-state index >= 15 is 0 Å². The third-order valence-electron chi connectivity index (χ3n) is 3.47. The van der Waals surface area contributed by atoms with Crippen molar-refractivity contribution in [1.29, 1.82) is 0 Å². The summed E-state index contributed by atoms with van der Waals surface area (Å²) >= 11 is 1.45. The molecule has 0 saturated heterocycles. The molecule has 25 heavy (non-hydrogen) atoms. The third-order valence-corrected chi connectivity index (χ3v) is 4.46. The lowest BCUT2D eigenvalue weighted by atomic mass is 10.1. The van der Waals surface area contributed by atoms with Gasteiger partial charge in [-0.2, -0.15) is 0 Å². The van der Waals surface area contributed by atoms with Gasteiger partial charge in [0.15, 0.2) is 5.82 Å². The van der Waals surface area contributed by atoms with Gasteiger partial charge in [-0.15, -0.1) is 10.2 Å². The fraction of sp³-hybridized carbons (Fsp3) is 0.105. The number of rotatable bonds is 5. The summed E-state index contributed by atoms with van der Waals surface area (Å²) in [5, 5.41) is 11.5. The minimum Gasteiger partial charge on any atom is -0.305 e. The van der Waals surface area contributed by atoms with E-state index in [1.165, 1.54) is 23.9 Å². The maximum atomic E-state index is 13.2. The molecule has 0 fully saturated rings. The van der Waals surface area contributed by atoms with Crippen molar-refractivity contribution < 1.29 is 9.18 Å². The predicted molar refractivity (Wildman–Crippen MR) is 97.1 cm³/mol. The van der Waals surface area contributed by atoms with Crippen LogP contribution in [0.4, 0.5) is 10.2 Å². The number of nitrogens with one attached hydrogen (secondary N) is 1. The van der Waals surface area contributed by atoms with E-state index in [1.54, 1.807) is 30.3 Å². The lowest BCUT2D eigenvalue weighted by molar-refractivity contribution is 0.102. The summed E-state index contributed by atoms with van der Waals surface area (Å²) in [6, 6.07) is 17.2. The summed E-state index contributed by atoms with van der Waals surface area (Å²) in [7, 11) is 0. The number of halogens is 1. The number of aryl methyl sites for hydroxylation is 1. The Hall–Kier alpha value is -2.73. The van der Waals surface area contributed by atoms with Crippen molar-refractivity contribution in [2.45, 2.75) is 17.7 Å². The molecule has 1 amide bonds. The zero-order chi connectivity index (χ0) is 17.6. The molecule has 0 radical (unpaired) electrons. The molecule has 1 aromatic heterocycles. The first kappa shape index (κ1) is 17.1. The van der Waals surface area contributed by atoms with Gasteiger partial charge in [-0.3, -0.25) is 4.79 Å². The minimum absolute atomic E-state index is 0.227. The van der Waals surface area contributed by atoms with Gasteiger partial charge in [0.2, 0.25) is 0 Å². The fourth-order valence-electron chi connectivity index (χ4n) is 2.14. The molecule has 3 rings (SSSR count). The first-order chi connectivity index (χ1) is 12.1. The van der Waals surface area contributed by atoms with Crippen LogP contribution in [0.3, 0.4) is 0 Å². The monoisotopic (exact) mass is 353 g/mol. The molecule has 0 atom stereocenters. The van der Waals surface area contributed by atoms with Crippen LogP contribution in [-0.4, -0.2) is 16.1 Å². The Morgan fingerprint density at radius 1 is 1.08 bits per heavy atom. The molecule has 4 nitrogen and oxygen atoms in total. The highest BCUT2D eigenvalue weighted by Crippen LogP contribution is 2.21. The largest absolute Gasteiger partial charge is 0.305 e. The van der Waals surface area contributed by atoms with Crippen LogP contribution < -0.4 is 5.32 Å². The van der Waals surface area contributed by atoms with Gasteiger partial charge in [0.25, 0.3) is 5.91 Å². The summed E-state index contributed by atoms with van der Waals surface area (Å²) in [4.78, 5) is 12.1.